The van der Waals surface area contributed by atoms with Crippen LogP contribution in [0.1, 0.15) is 12.5 Å². The van der Waals surface area contributed by atoms with Gasteiger partial charge in [0.25, 0.3) is 0 Å². The highest BCUT2D eigenvalue weighted by atomic mass is 32.2. The predicted octanol–water partition coefficient (Wildman–Crippen LogP) is 0.317. The zero-order chi connectivity index (χ0) is 12.9. The van der Waals surface area contributed by atoms with E-state index in [1.54, 1.807) is 31.2 Å². The molecule has 1 aromatic rings. The van der Waals surface area contributed by atoms with E-state index in [9.17, 15) is 8.42 Å². The first-order valence-electron chi connectivity index (χ1n) is 5.35. The van der Waals surface area contributed by atoms with Gasteiger partial charge >= 0.3 is 0 Å². The number of sulfonamides is 1. The van der Waals surface area contributed by atoms with Gasteiger partial charge in [0.05, 0.1) is 5.75 Å². The first-order valence-corrected chi connectivity index (χ1v) is 7.01. The third-order valence-electron chi connectivity index (χ3n) is 2.30. The van der Waals surface area contributed by atoms with E-state index in [1.807, 2.05) is 0 Å². The molecule has 0 fully saturated rings. The zero-order valence-electron chi connectivity index (χ0n) is 9.76. The number of aliphatic hydroxyl groups excluding tert-OH is 1. The molecule has 1 atom stereocenters. The SMILES string of the molecule is CC(CO)CNS(=O)(=O)Cc1ccc(N)cc1. The van der Waals surface area contributed by atoms with E-state index < -0.39 is 10.0 Å². The molecule has 0 heterocycles. The molecule has 0 aromatic heterocycles. The first kappa shape index (κ1) is 14.0. The largest absolute Gasteiger partial charge is 0.399 e. The highest BCUT2D eigenvalue weighted by Crippen LogP contribution is 2.08. The maximum absolute atomic E-state index is 11.7. The van der Waals surface area contributed by atoms with Crippen molar-refractivity contribution < 1.29 is 13.5 Å². The van der Waals surface area contributed by atoms with Crippen molar-refractivity contribution in [3.63, 3.8) is 0 Å². The Balaban J connectivity index is 2.57. The second-order valence-corrected chi connectivity index (χ2v) is 5.94. The molecule has 6 heteroatoms. The van der Waals surface area contributed by atoms with Crippen LogP contribution in [0.15, 0.2) is 24.3 Å². The molecule has 0 saturated carbocycles. The van der Waals surface area contributed by atoms with Crippen molar-refractivity contribution in [2.45, 2.75) is 12.7 Å². The van der Waals surface area contributed by atoms with E-state index in [-0.39, 0.29) is 24.8 Å². The monoisotopic (exact) mass is 258 g/mol. The summed E-state index contributed by atoms with van der Waals surface area (Å²) >= 11 is 0. The molecule has 0 spiro atoms. The van der Waals surface area contributed by atoms with Gasteiger partial charge in [0.1, 0.15) is 0 Å². The summed E-state index contributed by atoms with van der Waals surface area (Å²) in [5.74, 6) is -0.165. The van der Waals surface area contributed by atoms with E-state index in [0.717, 1.165) is 0 Å². The average molecular weight is 258 g/mol. The molecule has 0 amide bonds. The standard InChI is InChI=1S/C11H18N2O3S/c1-9(7-14)6-13-17(15,16)8-10-2-4-11(12)5-3-10/h2-5,9,13-14H,6-8,12H2,1H3. The second kappa shape index (κ2) is 6.00. The quantitative estimate of drug-likeness (QED) is 0.641. The Morgan fingerprint density at radius 2 is 1.94 bits per heavy atom. The molecular weight excluding hydrogens is 240 g/mol. The van der Waals surface area contributed by atoms with Gasteiger partial charge in [-0.2, -0.15) is 0 Å². The number of nitrogens with two attached hydrogens (primary N) is 1. The van der Waals surface area contributed by atoms with Gasteiger partial charge in [-0.3, -0.25) is 0 Å². The lowest BCUT2D eigenvalue weighted by atomic mass is 10.2. The molecule has 96 valence electrons. The van der Waals surface area contributed by atoms with Crippen LogP contribution in [0, 0.1) is 5.92 Å². The number of hydrogen-bond acceptors (Lipinski definition) is 4. The van der Waals surface area contributed by atoms with Crippen LogP contribution < -0.4 is 10.5 Å². The molecule has 0 aliphatic rings. The number of anilines is 1. The molecular formula is C11H18N2O3S. The lowest BCUT2D eigenvalue weighted by Gasteiger charge is -2.10. The molecule has 1 rings (SSSR count). The van der Waals surface area contributed by atoms with E-state index in [2.05, 4.69) is 4.72 Å². The Labute approximate surface area is 102 Å². The maximum atomic E-state index is 11.7. The number of aliphatic hydroxyl groups is 1. The lowest BCUT2D eigenvalue weighted by molar-refractivity contribution is 0.238. The summed E-state index contributed by atoms with van der Waals surface area (Å²) < 4.78 is 25.8. The summed E-state index contributed by atoms with van der Waals surface area (Å²) in [6, 6.07) is 6.70. The third kappa shape index (κ3) is 5.16. The Morgan fingerprint density at radius 1 is 1.35 bits per heavy atom. The summed E-state index contributed by atoms with van der Waals surface area (Å²) in [4.78, 5) is 0. The normalized spacial score (nSPS) is 13.5. The average Bonchev–Trinajstić information content (AvgIpc) is 2.29. The highest BCUT2D eigenvalue weighted by Gasteiger charge is 2.12. The summed E-state index contributed by atoms with van der Waals surface area (Å²) in [7, 11) is -3.35. The number of nitrogen functional groups attached to an aromatic ring is 1. The number of hydrogen-bond donors (Lipinski definition) is 3. The van der Waals surface area contributed by atoms with Crippen molar-refractivity contribution in [1.82, 2.24) is 4.72 Å². The minimum atomic E-state index is -3.35. The third-order valence-corrected chi connectivity index (χ3v) is 3.62. The second-order valence-electron chi connectivity index (χ2n) is 4.14. The van der Waals surface area contributed by atoms with Crippen molar-refractivity contribution in [3.05, 3.63) is 29.8 Å². The molecule has 17 heavy (non-hydrogen) atoms. The van der Waals surface area contributed by atoms with E-state index >= 15 is 0 Å². The maximum Gasteiger partial charge on any atom is 0.215 e. The Morgan fingerprint density at radius 3 is 2.47 bits per heavy atom. The van der Waals surface area contributed by atoms with Gasteiger partial charge in [0.2, 0.25) is 10.0 Å². The van der Waals surface area contributed by atoms with Crippen molar-refractivity contribution >= 4 is 15.7 Å². The minimum absolute atomic E-state index is 0.0373. The van der Waals surface area contributed by atoms with Gasteiger partial charge in [-0.1, -0.05) is 19.1 Å². The fourth-order valence-corrected chi connectivity index (χ4v) is 2.49. The fourth-order valence-electron chi connectivity index (χ4n) is 1.22. The molecule has 0 radical (unpaired) electrons. The summed E-state index contributed by atoms with van der Waals surface area (Å²) in [5.41, 5.74) is 6.80. The van der Waals surface area contributed by atoms with Crippen LogP contribution >= 0.6 is 0 Å². The van der Waals surface area contributed by atoms with E-state index in [1.165, 1.54) is 0 Å². The molecule has 0 aliphatic carbocycles. The van der Waals surface area contributed by atoms with Gasteiger partial charge in [-0.05, 0) is 23.6 Å². The molecule has 5 nitrogen and oxygen atoms in total. The molecule has 4 N–H and O–H groups in total. The van der Waals surface area contributed by atoms with Gasteiger partial charge in [-0.15, -0.1) is 0 Å². The summed E-state index contributed by atoms with van der Waals surface area (Å²) in [6.45, 7) is 1.98. The van der Waals surface area contributed by atoms with Gasteiger partial charge in [0, 0.05) is 18.8 Å². The van der Waals surface area contributed by atoms with E-state index in [0.29, 0.717) is 11.3 Å². The number of nitrogens with one attached hydrogen (secondary N) is 1. The van der Waals surface area contributed by atoms with Crippen molar-refractivity contribution in [3.8, 4) is 0 Å². The highest BCUT2D eigenvalue weighted by molar-refractivity contribution is 7.88. The Bertz CT molecular complexity index is 442. The van der Waals surface area contributed by atoms with Crippen LogP contribution in [0.25, 0.3) is 0 Å². The van der Waals surface area contributed by atoms with Gasteiger partial charge in [-0.25, -0.2) is 13.1 Å². The number of rotatable bonds is 6. The van der Waals surface area contributed by atoms with Crippen LogP contribution in [-0.2, 0) is 15.8 Å². The number of benzene rings is 1. The summed E-state index contributed by atoms with van der Waals surface area (Å²) in [6.07, 6.45) is 0. The topological polar surface area (TPSA) is 92.4 Å². The van der Waals surface area contributed by atoms with Crippen molar-refractivity contribution in [2.75, 3.05) is 18.9 Å². The van der Waals surface area contributed by atoms with E-state index in [4.69, 9.17) is 10.8 Å². The van der Waals surface area contributed by atoms with Crippen LogP contribution in [0.5, 0.6) is 0 Å². The Hall–Kier alpha value is -1.11. The lowest BCUT2D eigenvalue weighted by Crippen LogP contribution is -2.30. The molecule has 0 saturated heterocycles. The predicted molar refractivity (Wildman–Crippen MR) is 67.7 cm³/mol. The van der Waals surface area contributed by atoms with Gasteiger partial charge < -0.3 is 10.8 Å². The molecule has 1 unspecified atom stereocenters. The van der Waals surface area contributed by atoms with Crippen LogP contribution in [-0.4, -0.2) is 26.7 Å². The van der Waals surface area contributed by atoms with Crippen LogP contribution in [0.3, 0.4) is 0 Å². The van der Waals surface area contributed by atoms with Crippen LogP contribution in [0.4, 0.5) is 5.69 Å². The van der Waals surface area contributed by atoms with Crippen LogP contribution in [0.2, 0.25) is 0 Å². The molecule has 1 aromatic carbocycles. The smallest absolute Gasteiger partial charge is 0.215 e. The fraction of sp³-hybridized carbons (Fsp3) is 0.455. The minimum Gasteiger partial charge on any atom is -0.399 e. The Kier molecular flexibility index (Phi) is 4.92. The van der Waals surface area contributed by atoms with Crippen molar-refractivity contribution in [2.24, 2.45) is 5.92 Å². The van der Waals surface area contributed by atoms with Gasteiger partial charge in [0.15, 0.2) is 0 Å². The molecule has 0 aliphatic heterocycles. The molecule has 0 bridgehead atoms. The summed E-state index contributed by atoms with van der Waals surface area (Å²) in [5, 5.41) is 8.80. The van der Waals surface area contributed by atoms with Crippen molar-refractivity contribution in [1.29, 1.82) is 0 Å². The zero-order valence-corrected chi connectivity index (χ0v) is 10.6. The first-order chi connectivity index (χ1) is 7.93.